The average Bonchev–Trinajstić information content (AvgIpc) is 3.21. The van der Waals surface area contributed by atoms with E-state index in [2.05, 4.69) is 20.7 Å². The van der Waals surface area contributed by atoms with E-state index >= 15 is 0 Å². The Kier molecular flexibility index (Phi) is 5.34. The van der Waals surface area contributed by atoms with Gasteiger partial charge in [-0.15, -0.1) is 0 Å². The number of hydrogen-bond acceptors (Lipinski definition) is 4. The molecule has 7 heteroatoms. The van der Waals surface area contributed by atoms with Gasteiger partial charge in [-0.2, -0.15) is 5.10 Å². The highest BCUT2D eigenvalue weighted by atomic mass is 16.2. The zero-order chi connectivity index (χ0) is 20.9. The lowest BCUT2D eigenvalue weighted by Gasteiger charge is -2.08. The Morgan fingerprint density at radius 1 is 0.900 bits per heavy atom. The van der Waals surface area contributed by atoms with Gasteiger partial charge in [0.15, 0.2) is 0 Å². The van der Waals surface area contributed by atoms with Crippen LogP contribution in [-0.4, -0.2) is 26.6 Å². The number of para-hydroxylation sites is 1. The maximum Gasteiger partial charge on any atom is 0.259 e. The second-order valence-electron chi connectivity index (χ2n) is 6.63. The van der Waals surface area contributed by atoms with E-state index in [-0.39, 0.29) is 11.8 Å². The number of anilines is 2. The summed E-state index contributed by atoms with van der Waals surface area (Å²) < 4.78 is 1.67. The van der Waals surface area contributed by atoms with Crippen molar-refractivity contribution in [2.24, 2.45) is 0 Å². The second kappa shape index (κ2) is 8.40. The SMILES string of the molecule is CC(=O)Nc1cccc(NC(=O)c2cn(-c3ccccc3)nc2-c2cccnc2)c1. The molecule has 0 radical (unpaired) electrons. The summed E-state index contributed by atoms with van der Waals surface area (Å²) in [6, 6.07) is 20.2. The summed E-state index contributed by atoms with van der Waals surface area (Å²) in [6.07, 6.45) is 5.04. The van der Waals surface area contributed by atoms with Crippen LogP contribution < -0.4 is 10.6 Å². The molecule has 0 aliphatic rings. The summed E-state index contributed by atoms with van der Waals surface area (Å²) in [5, 5.41) is 10.2. The summed E-state index contributed by atoms with van der Waals surface area (Å²) in [5.41, 5.74) is 3.70. The van der Waals surface area contributed by atoms with Crippen molar-refractivity contribution in [2.45, 2.75) is 6.92 Å². The van der Waals surface area contributed by atoms with Crippen LogP contribution in [0, 0.1) is 0 Å². The van der Waals surface area contributed by atoms with Crippen molar-refractivity contribution in [3.05, 3.63) is 90.9 Å². The molecule has 0 fully saturated rings. The molecule has 2 amide bonds. The van der Waals surface area contributed by atoms with Crippen LogP contribution in [0.3, 0.4) is 0 Å². The van der Waals surface area contributed by atoms with Gasteiger partial charge in [0.05, 0.1) is 11.3 Å². The van der Waals surface area contributed by atoms with Gasteiger partial charge in [-0.05, 0) is 42.5 Å². The van der Waals surface area contributed by atoms with E-state index in [1.54, 1.807) is 53.6 Å². The molecule has 2 aromatic heterocycles. The number of nitrogens with one attached hydrogen (secondary N) is 2. The average molecular weight is 397 g/mol. The van der Waals surface area contributed by atoms with Crippen molar-refractivity contribution < 1.29 is 9.59 Å². The predicted molar refractivity (Wildman–Crippen MR) is 115 cm³/mol. The van der Waals surface area contributed by atoms with E-state index < -0.39 is 0 Å². The first-order valence-electron chi connectivity index (χ1n) is 9.34. The second-order valence-corrected chi connectivity index (χ2v) is 6.63. The van der Waals surface area contributed by atoms with Crippen molar-refractivity contribution in [2.75, 3.05) is 10.6 Å². The summed E-state index contributed by atoms with van der Waals surface area (Å²) in [4.78, 5) is 28.6. The monoisotopic (exact) mass is 397 g/mol. The minimum atomic E-state index is -0.309. The van der Waals surface area contributed by atoms with E-state index in [1.165, 1.54) is 6.92 Å². The van der Waals surface area contributed by atoms with E-state index in [4.69, 9.17) is 0 Å². The molecule has 2 heterocycles. The smallest absolute Gasteiger partial charge is 0.259 e. The molecule has 0 atom stereocenters. The largest absolute Gasteiger partial charge is 0.326 e. The highest BCUT2D eigenvalue weighted by Gasteiger charge is 2.19. The molecule has 2 N–H and O–H groups in total. The fraction of sp³-hybridized carbons (Fsp3) is 0.0435. The van der Waals surface area contributed by atoms with Crippen LogP contribution in [0.5, 0.6) is 0 Å². The normalized spacial score (nSPS) is 10.4. The van der Waals surface area contributed by atoms with Gasteiger partial charge in [0.2, 0.25) is 5.91 Å². The van der Waals surface area contributed by atoms with Crippen molar-refractivity contribution in [3.63, 3.8) is 0 Å². The Hall–Kier alpha value is -4.26. The number of rotatable bonds is 5. The zero-order valence-corrected chi connectivity index (χ0v) is 16.2. The molecule has 7 nitrogen and oxygen atoms in total. The highest BCUT2D eigenvalue weighted by molar-refractivity contribution is 6.08. The maximum absolute atomic E-state index is 13.1. The number of amides is 2. The van der Waals surface area contributed by atoms with Crippen molar-refractivity contribution >= 4 is 23.2 Å². The highest BCUT2D eigenvalue weighted by Crippen LogP contribution is 2.24. The molecule has 148 valence electrons. The molecule has 0 saturated heterocycles. The number of carbonyl (C=O) groups excluding carboxylic acids is 2. The number of nitrogens with zero attached hydrogens (tertiary/aromatic N) is 3. The first-order chi connectivity index (χ1) is 14.6. The predicted octanol–water partition coefficient (Wildman–Crippen LogP) is 4.15. The molecule has 0 aliphatic carbocycles. The van der Waals surface area contributed by atoms with Crippen molar-refractivity contribution in [3.8, 4) is 16.9 Å². The summed E-state index contributed by atoms with van der Waals surface area (Å²) >= 11 is 0. The first-order valence-corrected chi connectivity index (χ1v) is 9.34. The molecule has 0 aliphatic heterocycles. The fourth-order valence-electron chi connectivity index (χ4n) is 3.05. The number of carbonyl (C=O) groups is 2. The number of aromatic nitrogens is 3. The van der Waals surface area contributed by atoms with Gasteiger partial charge in [0.25, 0.3) is 5.91 Å². The van der Waals surface area contributed by atoms with Crippen LogP contribution in [0.1, 0.15) is 17.3 Å². The van der Waals surface area contributed by atoms with Gasteiger partial charge < -0.3 is 10.6 Å². The quantitative estimate of drug-likeness (QED) is 0.530. The lowest BCUT2D eigenvalue weighted by Crippen LogP contribution is -2.13. The topological polar surface area (TPSA) is 88.9 Å². The Morgan fingerprint density at radius 2 is 1.67 bits per heavy atom. The van der Waals surface area contributed by atoms with Crippen LogP contribution in [-0.2, 0) is 4.79 Å². The molecule has 30 heavy (non-hydrogen) atoms. The zero-order valence-electron chi connectivity index (χ0n) is 16.2. The third-order valence-electron chi connectivity index (χ3n) is 4.36. The first kappa shape index (κ1) is 19.1. The van der Waals surface area contributed by atoms with Gasteiger partial charge in [-0.3, -0.25) is 14.6 Å². The minimum Gasteiger partial charge on any atom is -0.326 e. The molecule has 0 unspecified atom stereocenters. The third kappa shape index (κ3) is 4.25. The maximum atomic E-state index is 13.1. The Morgan fingerprint density at radius 3 is 2.37 bits per heavy atom. The van der Waals surface area contributed by atoms with Crippen LogP contribution in [0.15, 0.2) is 85.3 Å². The van der Waals surface area contributed by atoms with Crippen LogP contribution in [0.4, 0.5) is 11.4 Å². The lowest BCUT2D eigenvalue weighted by atomic mass is 10.1. The van der Waals surface area contributed by atoms with Gasteiger partial charge in [0.1, 0.15) is 5.69 Å². The molecular weight excluding hydrogens is 378 g/mol. The van der Waals surface area contributed by atoms with Gasteiger partial charge in [-0.25, -0.2) is 4.68 Å². The molecule has 4 rings (SSSR count). The Labute approximate surface area is 173 Å². The van der Waals surface area contributed by atoms with Crippen LogP contribution >= 0.6 is 0 Å². The number of benzene rings is 2. The molecule has 0 bridgehead atoms. The standard InChI is InChI=1S/C23H19N5O2/c1-16(29)25-18-8-5-9-19(13-18)26-23(30)21-15-28(20-10-3-2-4-11-20)27-22(21)17-7-6-12-24-14-17/h2-15H,1H3,(H,25,29)(H,26,30). The fourth-order valence-corrected chi connectivity index (χ4v) is 3.05. The molecule has 0 spiro atoms. The van der Waals surface area contributed by atoms with E-state index in [0.29, 0.717) is 22.6 Å². The summed E-state index contributed by atoms with van der Waals surface area (Å²) in [5.74, 6) is -0.488. The molecular formula is C23H19N5O2. The van der Waals surface area contributed by atoms with E-state index in [1.807, 2.05) is 36.4 Å². The third-order valence-corrected chi connectivity index (χ3v) is 4.36. The van der Waals surface area contributed by atoms with Gasteiger partial charge in [0, 0.05) is 42.5 Å². The molecule has 0 saturated carbocycles. The summed E-state index contributed by atoms with van der Waals surface area (Å²) in [7, 11) is 0. The number of pyridine rings is 1. The van der Waals surface area contributed by atoms with Crippen LogP contribution in [0.25, 0.3) is 16.9 Å². The van der Waals surface area contributed by atoms with Crippen molar-refractivity contribution in [1.29, 1.82) is 0 Å². The minimum absolute atomic E-state index is 0.179. The molecule has 2 aromatic carbocycles. The van der Waals surface area contributed by atoms with E-state index in [9.17, 15) is 9.59 Å². The van der Waals surface area contributed by atoms with Crippen LogP contribution in [0.2, 0.25) is 0 Å². The Balaban J connectivity index is 1.69. The lowest BCUT2D eigenvalue weighted by molar-refractivity contribution is -0.114. The van der Waals surface area contributed by atoms with Gasteiger partial charge >= 0.3 is 0 Å². The van der Waals surface area contributed by atoms with Gasteiger partial charge in [-0.1, -0.05) is 24.3 Å². The molecule has 4 aromatic rings. The Bertz CT molecular complexity index is 1190. The van der Waals surface area contributed by atoms with Crippen molar-refractivity contribution in [1.82, 2.24) is 14.8 Å². The number of hydrogen-bond donors (Lipinski definition) is 2. The van der Waals surface area contributed by atoms with E-state index in [0.717, 1.165) is 11.3 Å². The summed E-state index contributed by atoms with van der Waals surface area (Å²) in [6.45, 7) is 1.43.